The summed E-state index contributed by atoms with van der Waals surface area (Å²) in [6, 6.07) is 6.12. The van der Waals surface area contributed by atoms with Crippen LogP contribution in [0.15, 0.2) is 18.2 Å². The Hall–Kier alpha value is -1.31. The number of ether oxygens (including phenoxy) is 1. The van der Waals surface area contributed by atoms with Crippen molar-refractivity contribution < 1.29 is 9.53 Å². The molecule has 3 aliphatic carbocycles. The number of benzene rings is 1. The number of hydrogen-bond donors (Lipinski definition) is 0. The van der Waals surface area contributed by atoms with Crippen LogP contribution in [0, 0.1) is 36.5 Å². The highest BCUT2D eigenvalue weighted by molar-refractivity contribution is 5.87. The molecule has 0 aromatic heterocycles. The third-order valence-electron chi connectivity index (χ3n) is 5.91. The summed E-state index contributed by atoms with van der Waals surface area (Å²) in [5.74, 6) is 4.94. The molecule has 0 saturated heterocycles. The highest BCUT2D eigenvalue weighted by Gasteiger charge is 2.66. The number of hydrogen-bond acceptors (Lipinski definition) is 2. The molecule has 0 radical (unpaired) electrons. The maximum absolute atomic E-state index is 12.6. The Labute approximate surface area is 120 Å². The van der Waals surface area contributed by atoms with Gasteiger partial charge in [0.15, 0.2) is 0 Å². The van der Waals surface area contributed by atoms with Gasteiger partial charge in [0.25, 0.3) is 0 Å². The molecule has 4 rings (SSSR count). The second-order valence-corrected chi connectivity index (χ2v) is 6.97. The molecule has 4 unspecified atom stereocenters. The molecule has 106 valence electrons. The number of carbonyl (C=O) groups is 1. The number of aryl methyl sites for hydroxylation is 1. The van der Waals surface area contributed by atoms with Gasteiger partial charge in [-0.1, -0.05) is 17.7 Å². The molecule has 0 N–H and O–H groups in total. The van der Waals surface area contributed by atoms with Crippen molar-refractivity contribution in [1.29, 1.82) is 0 Å². The molecule has 0 amide bonds. The first-order valence-electron chi connectivity index (χ1n) is 7.85. The lowest BCUT2D eigenvalue weighted by Gasteiger charge is -2.11. The van der Waals surface area contributed by atoms with Crippen LogP contribution in [0.2, 0.25) is 0 Å². The first kappa shape index (κ1) is 12.4. The van der Waals surface area contributed by atoms with E-state index in [0.717, 1.165) is 35.0 Å². The quantitative estimate of drug-likeness (QED) is 0.838. The van der Waals surface area contributed by atoms with Crippen LogP contribution in [0.5, 0.6) is 5.75 Å². The SMILES string of the molecule is COc1ccc(C)cc1CC(=O)C1C2C3CCC(C3)C12. The molecule has 0 aliphatic heterocycles. The highest BCUT2D eigenvalue weighted by Crippen LogP contribution is 2.69. The predicted octanol–water partition coefficient (Wildman–Crippen LogP) is 3.41. The van der Waals surface area contributed by atoms with Crippen molar-refractivity contribution in [2.24, 2.45) is 29.6 Å². The van der Waals surface area contributed by atoms with Gasteiger partial charge in [-0.2, -0.15) is 0 Å². The molecule has 2 nitrogen and oxygen atoms in total. The number of Topliss-reactive ketones (excluding diaryl/α,β-unsaturated/α-hetero) is 1. The summed E-state index contributed by atoms with van der Waals surface area (Å²) < 4.78 is 5.40. The van der Waals surface area contributed by atoms with Gasteiger partial charge in [0.2, 0.25) is 0 Å². The summed E-state index contributed by atoms with van der Waals surface area (Å²) >= 11 is 0. The largest absolute Gasteiger partial charge is 0.496 e. The number of methoxy groups -OCH3 is 1. The van der Waals surface area contributed by atoms with E-state index in [1.54, 1.807) is 7.11 Å². The third-order valence-corrected chi connectivity index (χ3v) is 5.91. The van der Waals surface area contributed by atoms with Gasteiger partial charge in [-0.15, -0.1) is 0 Å². The van der Waals surface area contributed by atoms with Crippen molar-refractivity contribution in [2.75, 3.05) is 7.11 Å². The molecule has 4 atom stereocenters. The lowest BCUT2D eigenvalue weighted by molar-refractivity contribution is -0.120. The fourth-order valence-electron chi connectivity index (χ4n) is 5.11. The maximum atomic E-state index is 12.6. The van der Waals surface area contributed by atoms with Crippen LogP contribution in [-0.4, -0.2) is 12.9 Å². The van der Waals surface area contributed by atoms with Gasteiger partial charge in [0.05, 0.1) is 7.11 Å². The minimum absolute atomic E-state index is 0.381. The van der Waals surface area contributed by atoms with Crippen LogP contribution < -0.4 is 4.74 Å². The molecule has 1 aromatic carbocycles. The number of fused-ring (bicyclic) bond motifs is 5. The number of carbonyl (C=O) groups excluding carboxylic acids is 1. The Morgan fingerprint density at radius 2 is 1.95 bits per heavy atom. The minimum Gasteiger partial charge on any atom is -0.496 e. The molecule has 0 spiro atoms. The van der Waals surface area contributed by atoms with Crippen molar-refractivity contribution >= 4 is 5.78 Å². The van der Waals surface area contributed by atoms with Crippen molar-refractivity contribution in [3.05, 3.63) is 29.3 Å². The molecular formula is C18H22O2. The fraction of sp³-hybridized carbons (Fsp3) is 0.611. The summed E-state index contributed by atoms with van der Waals surface area (Å²) in [4.78, 5) is 12.6. The van der Waals surface area contributed by atoms with E-state index in [2.05, 4.69) is 13.0 Å². The average molecular weight is 270 g/mol. The van der Waals surface area contributed by atoms with Crippen LogP contribution in [0.4, 0.5) is 0 Å². The van der Waals surface area contributed by atoms with Crippen LogP contribution in [0.1, 0.15) is 30.4 Å². The molecule has 2 heteroatoms. The van der Waals surface area contributed by atoms with Crippen LogP contribution in [0.3, 0.4) is 0 Å². The first-order chi connectivity index (χ1) is 9.69. The summed E-state index contributed by atoms with van der Waals surface area (Å²) in [5.41, 5.74) is 2.26. The summed E-state index contributed by atoms with van der Waals surface area (Å²) in [7, 11) is 1.69. The normalized spacial score (nSPS) is 36.8. The zero-order valence-corrected chi connectivity index (χ0v) is 12.3. The minimum atomic E-state index is 0.381. The van der Waals surface area contributed by atoms with Crippen LogP contribution in [0.25, 0.3) is 0 Å². The molecule has 3 saturated carbocycles. The van der Waals surface area contributed by atoms with E-state index in [4.69, 9.17) is 4.74 Å². The Morgan fingerprint density at radius 3 is 2.60 bits per heavy atom. The van der Waals surface area contributed by atoms with Gasteiger partial charge in [0, 0.05) is 17.9 Å². The van der Waals surface area contributed by atoms with E-state index in [1.807, 2.05) is 12.1 Å². The smallest absolute Gasteiger partial charge is 0.141 e. The van der Waals surface area contributed by atoms with Gasteiger partial charge in [-0.05, 0) is 55.9 Å². The predicted molar refractivity (Wildman–Crippen MR) is 77.7 cm³/mol. The maximum Gasteiger partial charge on any atom is 0.141 e. The zero-order chi connectivity index (χ0) is 13.9. The fourth-order valence-corrected chi connectivity index (χ4v) is 5.11. The Bertz CT molecular complexity index is 547. The third kappa shape index (κ3) is 1.73. The summed E-state index contributed by atoms with van der Waals surface area (Å²) in [6.07, 6.45) is 4.72. The molecule has 3 fully saturated rings. The first-order valence-corrected chi connectivity index (χ1v) is 7.85. The van der Waals surface area contributed by atoms with Crippen molar-refractivity contribution in [2.45, 2.75) is 32.6 Å². The van der Waals surface area contributed by atoms with Gasteiger partial charge in [0.1, 0.15) is 11.5 Å². The monoisotopic (exact) mass is 270 g/mol. The van der Waals surface area contributed by atoms with Crippen molar-refractivity contribution in [3.63, 3.8) is 0 Å². The molecule has 3 aliphatic rings. The second-order valence-electron chi connectivity index (χ2n) is 6.97. The number of rotatable bonds is 4. The van der Waals surface area contributed by atoms with E-state index in [-0.39, 0.29) is 0 Å². The summed E-state index contributed by atoms with van der Waals surface area (Å²) in [5, 5.41) is 0. The lowest BCUT2D eigenvalue weighted by Crippen LogP contribution is -2.13. The van der Waals surface area contributed by atoms with Gasteiger partial charge < -0.3 is 4.74 Å². The second kappa shape index (κ2) is 4.34. The van der Waals surface area contributed by atoms with E-state index in [0.29, 0.717) is 18.1 Å². The average Bonchev–Trinajstić information content (AvgIpc) is 2.88. The van der Waals surface area contributed by atoms with E-state index in [1.165, 1.54) is 24.8 Å². The van der Waals surface area contributed by atoms with Crippen LogP contribution >= 0.6 is 0 Å². The van der Waals surface area contributed by atoms with E-state index >= 15 is 0 Å². The standard InChI is InChI=1S/C18H22O2/c1-10-3-6-15(20-2)13(7-10)9-14(19)18-16-11-4-5-12(8-11)17(16)18/h3,6-7,11-12,16-18H,4-5,8-9H2,1-2H3. The molecule has 1 aromatic rings. The van der Waals surface area contributed by atoms with Gasteiger partial charge >= 0.3 is 0 Å². The highest BCUT2D eigenvalue weighted by atomic mass is 16.5. The van der Waals surface area contributed by atoms with Crippen molar-refractivity contribution in [1.82, 2.24) is 0 Å². The Morgan fingerprint density at radius 1 is 1.25 bits per heavy atom. The molecular weight excluding hydrogens is 248 g/mol. The topological polar surface area (TPSA) is 26.3 Å². The van der Waals surface area contributed by atoms with Crippen molar-refractivity contribution in [3.8, 4) is 5.75 Å². The molecule has 20 heavy (non-hydrogen) atoms. The molecule has 0 heterocycles. The number of ketones is 1. The van der Waals surface area contributed by atoms with Gasteiger partial charge in [-0.25, -0.2) is 0 Å². The van der Waals surface area contributed by atoms with Crippen LogP contribution in [-0.2, 0) is 11.2 Å². The summed E-state index contributed by atoms with van der Waals surface area (Å²) in [6.45, 7) is 2.07. The molecule has 2 bridgehead atoms. The van der Waals surface area contributed by atoms with Gasteiger partial charge in [-0.3, -0.25) is 4.79 Å². The van der Waals surface area contributed by atoms with E-state index in [9.17, 15) is 4.79 Å². The Balaban J connectivity index is 1.50. The zero-order valence-electron chi connectivity index (χ0n) is 12.3. The lowest BCUT2D eigenvalue weighted by atomic mass is 9.95. The van der Waals surface area contributed by atoms with E-state index < -0.39 is 0 Å². The Kier molecular flexibility index (Phi) is 2.70.